The van der Waals surface area contributed by atoms with Crippen LogP contribution in [-0.4, -0.2) is 31.8 Å². The summed E-state index contributed by atoms with van der Waals surface area (Å²) < 4.78 is 11.4. The first kappa shape index (κ1) is 12.4. The van der Waals surface area contributed by atoms with E-state index in [-0.39, 0.29) is 19.6 Å². The summed E-state index contributed by atoms with van der Waals surface area (Å²) in [5.41, 5.74) is 7.91. The van der Waals surface area contributed by atoms with Crippen LogP contribution < -0.4 is 15.9 Å². The number of aliphatic hydroxyl groups excluding tert-OH is 1. The van der Waals surface area contributed by atoms with Crippen LogP contribution in [0.25, 0.3) is 0 Å². The highest BCUT2D eigenvalue weighted by atomic mass is 16.5. The first-order chi connectivity index (χ1) is 8.27. The molecule has 5 heteroatoms. The van der Waals surface area contributed by atoms with Crippen LogP contribution in [0.4, 0.5) is 0 Å². The number of hydrogen-bond donors (Lipinski definition) is 2. The summed E-state index contributed by atoms with van der Waals surface area (Å²) in [5.74, 6) is 0.847. The second kappa shape index (κ2) is 5.53. The second-order valence-corrected chi connectivity index (χ2v) is 4.19. The van der Waals surface area contributed by atoms with E-state index in [0.29, 0.717) is 19.6 Å². The topological polar surface area (TPSA) is 64.7 Å². The van der Waals surface area contributed by atoms with E-state index in [2.05, 4.69) is 0 Å². The molecule has 0 aliphatic carbocycles. The third-order valence-electron chi connectivity index (χ3n) is 3.00. The second-order valence-electron chi connectivity index (χ2n) is 4.19. The Labute approximate surface area is 102 Å². The van der Waals surface area contributed by atoms with Crippen LogP contribution in [0, 0.1) is 0 Å². The Balaban J connectivity index is 2.21. The van der Waals surface area contributed by atoms with Gasteiger partial charge < -0.3 is 20.2 Å². The summed E-state index contributed by atoms with van der Waals surface area (Å²) >= 11 is 0. The molecule has 3 N–H and O–H groups in total. The van der Waals surface area contributed by atoms with Crippen molar-refractivity contribution < 1.29 is 14.5 Å². The summed E-state index contributed by atoms with van der Waals surface area (Å²) in [6.07, 6.45) is 0.612. The van der Waals surface area contributed by atoms with Crippen molar-refractivity contribution in [2.24, 2.45) is 5.73 Å². The molecule has 0 bridgehead atoms. The van der Waals surface area contributed by atoms with Gasteiger partial charge in [-0.25, -0.2) is 0 Å². The normalized spacial score (nSPS) is 18.3. The van der Waals surface area contributed by atoms with Crippen molar-refractivity contribution in [3.63, 3.8) is 0 Å². The van der Waals surface area contributed by atoms with Crippen molar-refractivity contribution in [2.45, 2.75) is 19.3 Å². The third-order valence-corrected chi connectivity index (χ3v) is 3.00. The number of rotatable bonds is 5. The predicted octanol–water partition coefficient (Wildman–Crippen LogP) is 0.306. The van der Waals surface area contributed by atoms with E-state index in [1.54, 1.807) is 0 Å². The average Bonchev–Trinajstić information content (AvgIpc) is 2.68. The number of hydrogen-bond acceptors (Lipinski definition) is 4. The van der Waals surface area contributed by atoms with Gasteiger partial charge in [-0.2, -0.15) is 0 Å². The van der Waals surface area contributed by atoms with Crippen molar-refractivity contribution in [1.82, 2.24) is 0 Å². The van der Waals surface area contributed by atoms with Crippen LogP contribution in [0.1, 0.15) is 18.1 Å². The van der Waals surface area contributed by atoms with Gasteiger partial charge in [0.05, 0.1) is 12.7 Å². The quantitative estimate of drug-likeness (QED) is 0.569. The van der Waals surface area contributed by atoms with Gasteiger partial charge in [-0.3, -0.25) is 0 Å². The fraction of sp³-hybridized carbons (Fsp3) is 0.500. The number of aliphatic hydroxyl groups is 1. The van der Waals surface area contributed by atoms with Gasteiger partial charge in [0, 0.05) is 19.6 Å². The molecule has 0 radical (unpaired) electrons. The Hall–Kier alpha value is -1.04. The van der Waals surface area contributed by atoms with Crippen LogP contribution in [0.5, 0.6) is 5.75 Å². The smallest absolute Gasteiger partial charge is 0.328 e. The number of nitrogens with two attached hydrogens (primary N) is 1. The highest BCUT2D eigenvalue weighted by molar-refractivity contribution is 6.68. The molecule has 1 aliphatic heterocycles. The summed E-state index contributed by atoms with van der Waals surface area (Å²) in [5, 5.41) is 8.75. The molecule has 1 heterocycles. The molecule has 0 fully saturated rings. The fourth-order valence-corrected chi connectivity index (χ4v) is 2.22. The van der Waals surface area contributed by atoms with Crippen molar-refractivity contribution in [2.75, 3.05) is 19.8 Å². The van der Waals surface area contributed by atoms with E-state index >= 15 is 0 Å². The first-order valence-corrected chi connectivity index (χ1v) is 6.00. The molecule has 1 aliphatic rings. The van der Waals surface area contributed by atoms with E-state index in [4.69, 9.17) is 20.2 Å². The lowest BCUT2D eigenvalue weighted by atomic mass is 9.63. The van der Waals surface area contributed by atoms with Gasteiger partial charge in [0.1, 0.15) is 5.75 Å². The fourth-order valence-electron chi connectivity index (χ4n) is 2.22. The molecule has 0 saturated carbocycles. The largest absolute Gasteiger partial charge is 0.494 e. The third kappa shape index (κ3) is 2.46. The van der Waals surface area contributed by atoms with Crippen LogP contribution in [0.15, 0.2) is 18.2 Å². The van der Waals surface area contributed by atoms with Gasteiger partial charge in [0.15, 0.2) is 0 Å². The summed E-state index contributed by atoms with van der Waals surface area (Å²) in [7, 11) is 0. The molecule has 0 amide bonds. The number of ether oxygens (including phenoxy) is 1. The Bertz CT molecular complexity index is 386. The minimum Gasteiger partial charge on any atom is -0.494 e. The molecule has 1 aromatic carbocycles. The molecule has 1 aromatic rings. The van der Waals surface area contributed by atoms with Gasteiger partial charge in [-0.05, 0) is 17.1 Å². The van der Waals surface area contributed by atoms with Gasteiger partial charge in [-0.1, -0.05) is 19.0 Å². The first-order valence-electron chi connectivity index (χ1n) is 6.00. The van der Waals surface area contributed by atoms with Gasteiger partial charge in [-0.15, -0.1) is 0 Å². The van der Waals surface area contributed by atoms with Crippen LogP contribution in [0.2, 0.25) is 6.82 Å². The highest BCUT2D eigenvalue weighted by Gasteiger charge is 2.33. The molecule has 0 saturated heterocycles. The monoisotopic (exact) mass is 235 g/mol. The van der Waals surface area contributed by atoms with Crippen LogP contribution in [0.3, 0.4) is 0 Å². The molecule has 17 heavy (non-hydrogen) atoms. The summed E-state index contributed by atoms with van der Waals surface area (Å²) in [6, 6.07) is 5.93. The van der Waals surface area contributed by atoms with E-state index in [1.165, 1.54) is 0 Å². The summed E-state index contributed by atoms with van der Waals surface area (Å²) in [6.45, 7) is 3.17. The Kier molecular flexibility index (Phi) is 4.04. The van der Waals surface area contributed by atoms with Crippen molar-refractivity contribution in [3.8, 4) is 5.75 Å². The van der Waals surface area contributed by atoms with Crippen molar-refractivity contribution in [1.29, 1.82) is 0 Å². The van der Waals surface area contributed by atoms with E-state index in [1.807, 2.05) is 25.0 Å². The summed E-state index contributed by atoms with van der Waals surface area (Å²) in [4.78, 5) is 0. The molecule has 0 aromatic heterocycles. The van der Waals surface area contributed by atoms with Crippen LogP contribution in [-0.2, 0) is 4.65 Å². The molecule has 2 rings (SSSR count). The molecule has 1 atom stereocenters. The zero-order valence-corrected chi connectivity index (χ0v) is 10.1. The molecule has 92 valence electrons. The molecular weight excluding hydrogens is 217 g/mol. The van der Waals surface area contributed by atoms with E-state index in [9.17, 15) is 0 Å². The molecule has 0 unspecified atom stereocenters. The Morgan fingerprint density at radius 2 is 2.35 bits per heavy atom. The minimum absolute atomic E-state index is 0.0175. The van der Waals surface area contributed by atoms with Gasteiger partial charge in [0.2, 0.25) is 0 Å². The van der Waals surface area contributed by atoms with Crippen molar-refractivity contribution >= 4 is 12.4 Å². The molecule has 4 nitrogen and oxygen atoms in total. The lowest BCUT2D eigenvalue weighted by molar-refractivity contribution is 0.234. The minimum atomic E-state index is -0.0265. The number of fused-ring (bicyclic) bond motifs is 1. The van der Waals surface area contributed by atoms with Crippen molar-refractivity contribution in [3.05, 3.63) is 23.8 Å². The van der Waals surface area contributed by atoms with Crippen LogP contribution >= 0.6 is 0 Å². The SMILES string of the molecule is CB1O[C@H](CN)c2cccc(OCCCO)c21. The molecular formula is C12H18BNO3. The average molecular weight is 235 g/mol. The van der Waals surface area contributed by atoms with E-state index in [0.717, 1.165) is 16.8 Å². The Morgan fingerprint density at radius 1 is 1.53 bits per heavy atom. The zero-order chi connectivity index (χ0) is 12.3. The standard InChI is InChI=1S/C12H18BNO3/c1-13-12-9(11(8-14)17-13)4-2-5-10(12)16-7-3-6-15/h2,4-5,11,15H,3,6-8,14H2,1H3/t11-/m1/s1. The van der Waals surface area contributed by atoms with Gasteiger partial charge in [0.25, 0.3) is 0 Å². The maximum Gasteiger partial charge on any atom is 0.328 e. The maximum atomic E-state index is 8.75. The zero-order valence-electron chi connectivity index (χ0n) is 10.1. The molecule has 0 spiro atoms. The predicted molar refractivity (Wildman–Crippen MR) is 67.8 cm³/mol. The Morgan fingerprint density at radius 3 is 3.06 bits per heavy atom. The number of benzene rings is 1. The maximum absolute atomic E-state index is 8.75. The highest BCUT2D eigenvalue weighted by Crippen LogP contribution is 2.27. The van der Waals surface area contributed by atoms with Gasteiger partial charge >= 0.3 is 6.92 Å². The lowest BCUT2D eigenvalue weighted by Gasteiger charge is -2.11. The van der Waals surface area contributed by atoms with E-state index < -0.39 is 0 Å². The lowest BCUT2D eigenvalue weighted by Crippen LogP contribution is -2.26.